The average molecular weight is 470 g/mol. The van der Waals surface area contributed by atoms with Crippen LogP contribution in [-0.4, -0.2) is 41.7 Å². The predicted molar refractivity (Wildman–Crippen MR) is 134 cm³/mol. The number of nitrogens with one attached hydrogen (secondary N) is 2. The number of thiocarbonyl (C=S) groups is 1. The maximum absolute atomic E-state index is 13.1. The van der Waals surface area contributed by atoms with Crippen molar-refractivity contribution in [2.75, 3.05) is 18.4 Å². The molecule has 1 aromatic heterocycles. The summed E-state index contributed by atoms with van der Waals surface area (Å²) in [7, 11) is -1.57. The molecular formula is C23H27N5O2S2. The van der Waals surface area contributed by atoms with E-state index >= 15 is 0 Å². The Kier molecular flexibility index (Phi) is 6.59. The van der Waals surface area contributed by atoms with Gasteiger partial charge in [0.2, 0.25) is 10.0 Å². The second-order valence-electron chi connectivity index (χ2n) is 8.03. The van der Waals surface area contributed by atoms with Crippen LogP contribution in [0.3, 0.4) is 0 Å². The van der Waals surface area contributed by atoms with Gasteiger partial charge in [-0.25, -0.2) is 8.42 Å². The second-order valence-corrected chi connectivity index (χ2v) is 10.4. The zero-order valence-corrected chi connectivity index (χ0v) is 19.8. The van der Waals surface area contributed by atoms with Gasteiger partial charge in [0.25, 0.3) is 0 Å². The number of fused-ring (bicyclic) bond motifs is 1. The molecule has 0 amide bonds. The predicted octanol–water partition coefficient (Wildman–Crippen LogP) is 3.98. The van der Waals surface area contributed by atoms with Crippen molar-refractivity contribution in [3.05, 3.63) is 59.8 Å². The third-order valence-electron chi connectivity index (χ3n) is 5.62. The highest BCUT2D eigenvalue weighted by molar-refractivity contribution is 7.89. The summed E-state index contributed by atoms with van der Waals surface area (Å²) in [6, 6.07) is 13.2. The minimum atomic E-state index is -3.50. The first-order chi connectivity index (χ1) is 15.3. The molecule has 0 unspecified atom stereocenters. The van der Waals surface area contributed by atoms with Crippen molar-refractivity contribution in [1.82, 2.24) is 14.3 Å². The highest BCUT2D eigenvalue weighted by atomic mass is 32.2. The molecule has 0 saturated carbocycles. The Morgan fingerprint density at radius 1 is 1.09 bits per heavy atom. The fourth-order valence-corrected chi connectivity index (χ4v) is 5.59. The lowest BCUT2D eigenvalue weighted by molar-refractivity contribution is 0.346. The largest absolute Gasteiger partial charge is 0.350 e. The van der Waals surface area contributed by atoms with Gasteiger partial charge in [0.05, 0.1) is 11.1 Å². The maximum atomic E-state index is 13.1. The van der Waals surface area contributed by atoms with Gasteiger partial charge >= 0.3 is 0 Å². The minimum absolute atomic E-state index is 0.317. The number of aryl methyl sites for hydroxylation is 2. The van der Waals surface area contributed by atoms with E-state index in [0.29, 0.717) is 23.1 Å². The van der Waals surface area contributed by atoms with E-state index in [2.05, 4.69) is 15.8 Å². The van der Waals surface area contributed by atoms with Crippen LogP contribution in [-0.2, 0) is 17.1 Å². The van der Waals surface area contributed by atoms with Crippen molar-refractivity contribution in [1.29, 1.82) is 0 Å². The first-order valence-electron chi connectivity index (χ1n) is 10.6. The molecule has 168 valence electrons. The fraction of sp³-hybridized carbons (Fsp3) is 0.304. The van der Waals surface area contributed by atoms with Crippen LogP contribution >= 0.6 is 12.2 Å². The first kappa shape index (κ1) is 22.4. The number of hydrogen-bond acceptors (Lipinski definition) is 4. The van der Waals surface area contributed by atoms with E-state index < -0.39 is 10.0 Å². The van der Waals surface area contributed by atoms with E-state index in [1.54, 1.807) is 22.7 Å². The van der Waals surface area contributed by atoms with E-state index in [1.165, 1.54) is 5.56 Å². The van der Waals surface area contributed by atoms with Gasteiger partial charge in [-0.05, 0) is 62.3 Å². The van der Waals surface area contributed by atoms with Gasteiger partial charge in [-0.3, -0.25) is 5.43 Å². The van der Waals surface area contributed by atoms with Crippen molar-refractivity contribution in [2.24, 2.45) is 12.1 Å². The molecule has 2 heterocycles. The Labute approximate surface area is 194 Å². The number of sulfonamides is 1. The molecule has 32 heavy (non-hydrogen) atoms. The smallest absolute Gasteiger partial charge is 0.243 e. The Hall–Kier alpha value is -2.75. The van der Waals surface area contributed by atoms with E-state index in [0.717, 1.165) is 41.4 Å². The molecule has 1 aliphatic heterocycles. The summed E-state index contributed by atoms with van der Waals surface area (Å²) in [4.78, 5) is 0.317. The Bertz CT molecular complexity index is 1260. The van der Waals surface area contributed by atoms with Crippen LogP contribution in [0.25, 0.3) is 10.9 Å². The summed E-state index contributed by atoms with van der Waals surface area (Å²) in [5.41, 5.74) is 6.61. The number of hydrazone groups is 1. The molecule has 1 aliphatic rings. The average Bonchev–Trinajstić information content (AvgIpc) is 3.11. The number of nitrogens with zero attached hydrogens (tertiary/aromatic N) is 3. The van der Waals surface area contributed by atoms with Crippen molar-refractivity contribution in [2.45, 2.75) is 31.1 Å². The third-order valence-corrected chi connectivity index (χ3v) is 7.71. The van der Waals surface area contributed by atoms with Gasteiger partial charge in [0, 0.05) is 48.5 Å². The summed E-state index contributed by atoms with van der Waals surface area (Å²) in [6.07, 6.45) is 6.48. The van der Waals surface area contributed by atoms with Crippen LogP contribution in [0.4, 0.5) is 5.69 Å². The summed E-state index contributed by atoms with van der Waals surface area (Å²) >= 11 is 5.30. The molecule has 0 aliphatic carbocycles. The second kappa shape index (κ2) is 9.40. The zero-order valence-electron chi connectivity index (χ0n) is 18.2. The van der Waals surface area contributed by atoms with Gasteiger partial charge < -0.3 is 9.88 Å². The van der Waals surface area contributed by atoms with Crippen LogP contribution in [0.5, 0.6) is 0 Å². The molecule has 0 radical (unpaired) electrons. The molecule has 2 aromatic carbocycles. The number of aromatic nitrogens is 1. The molecule has 9 heteroatoms. The van der Waals surface area contributed by atoms with Gasteiger partial charge in [0.15, 0.2) is 5.11 Å². The molecule has 4 rings (SSSR count). The maximum Gasteiger partial charge on any atom is 0.243 e. The number of anilines is 1. The van der Waals surface area contributed by atoms with Crippen molar-refractivity contribution in [3.63, 3.8) is 0 Å². The van der Waals surface area contributed by atoms with Crippen molar-refractivity contribution >= 4 is 50.2 Å². The number of hydrogen-bond donors (Lipinski definition) is 2. The van der Waals surface area contributed by atoms with E-state index in [-0.39, 0.29) is 0 Å². The van der Waals surface area contributed by atoms with E-state index in [9.17, 15) is 8.42 Å². The normalized spacial score (nSPS) is 15.3. The monoisotopic (exact) mass is 469 g/mol. The quantitative estimate of drug-likeness (QED) is 0.336. The minimum Gasteiger partial charge on any atom is -0.350 e. The van der Waals surface area contributed by atoms with Crippen LogP contribution in [0.1, 0.15) is 30.4 Å². The summed E-state index contributed by atoms with van der Waals surface area (Å²) in [6.45, 7) is 3.19. The number of rotatable bonds is 5. The lowest BCUT2D eigenvalue weighted by Crippen LogP contribution is -2.35. The molecular weight excluding hydrogens is 442 g/mol. The van der Waals surface area contributed by atoms with Crippen LogP contribution < -0.4 is 10.7 Å². The van der Waals surface area contributed by atoms with Crippen LogP contribution in [0, 0.1) is 6.92 Å². The van der Waals surface area contributed by atoms with Crippen LogP contribution in [0.2, 0.25) is 0 Å². The fourth-order valence-electron chi connectivity index (χ4n) is 3.88. The van der Waals surface area contributed by atoms with Gasteiger partial charge in [-0.2, -0.15) is 9.41 Å². The Morgan fingerprint density at radius 2 is 1.81 bits per heavy atom. The highest BCUT2D eigenvalue weighted by Crippen LogP contribution is 2.26. The molecule has 2 N–H and O–H groups in total. The number of piperidine rings is 1. The number of benzene rings is 2. The van der Waals surface area contributed by atoms with Gasteiger partial charge in [-0.1, -0.05) is 24.1 Å². The summed E-state index contributed by atoms with van der Waals surface area (Å²) in [5, 5.41) is 8.53. The lowest BCUT2D eigenvalue weighted by Gasteiger charge is -2.25. The molecule has 1 saturated heterocycles. The van der Waals surface area contributed by atoms with Crippen molar-refractivity contribution < 1.29 is 8.42 Å². The summed E-state index contributed by atoms with van der Waals surface area (Å²) in [5.74, 6) is 0. The third kappa shape index (κ3) is 4.85. The highest BCUT2D eigenvalue weighted by Gasteiger charge is 2.26. The van der Waals surface area contributed by atoms with Gasteiger partial charge in [0.1, 0.15) is 0 Å². The van der Waals surface area contributed by atoms with E-state index in [1.807, 2.05) is 55.1 Å². The molecule has 0 spiro atoms. The molecule has 0 bridgehead atoms. The Morgan fingerprint density at radius 3 is 2.53 bits per heavy atom. The molecule has 7 nitrogen and oxygen atoms in total. The van der Waals surface area contributed by atoms with E-state index in [4.69, 9.17) is 12.2 Å². The topological polar surface area (TPSA) is 78.7 Å². The lowest BCUT2D eigenvalue weighted by atomic mass is 10.2. The SMILES string of the molecule is Cc1ccc(NC(=S)N/N=C\c2cn(C)c3ccc(S(=O)(=O)N4CCCCC4)cc23)cc1. The van der Waals surface area contributed by atoms with Crippen molar-refractivity contribution in [3.8, 4) is 0 Å². The van der Waals surface area contributed by atoms with Gasteiger partial charge in [-0.15, -0.1) is 0 Å². The standard InChI is InChI=1S/C23H27N5O2S2/c1-17-6-8-19(9-7-17)25-23(31)26-24-15-18-16-27(2)22-11-10-20(14-21(18)22)32(29,30)28-12-4-3-5-13-28/h6-11,14-16H,3-5,12-13H2,1-2H3,(H2,25,26,31)/b24-15-. The van der Waals surface area contributed by atoms with Crippen LogP contribution in [0.15, 0.2) is 58.7 Å². The molecule has 0 atom stereocenters. The zero-order chi connectivity index (χ0) is 22.7. The summed E-state index contributed by atoms with van der Waals surface area (Å²) < 4.78 is 29.7. The molecule has 3 aromatic rings. The first-order valence-corrected chi connectivity index (χ1v) is 12.5. The Balaban J connectivity index is 1.52. The molecule has 1 fully saturated rings.